The summed E-state index contributed by atoms with van der Waals surface area (Å²) in [6.45, 7) is 6.40. The van der Waals surface area contributed by atoms with Gasteiger partial charge in [-0.1, -0.05) is 18.6 Å². The quantitative estimate of drug-likeness (QED) is 0.865. The normalized spacial score (nSPS) is 28.5. The lowest BCUT2D eigenvalue weighted by atomic mass is 9.97. The summed E-state index contributed by atoms with van der Waals surface area (Å²) < 4.78 is 17.2. The lowest BCUT2D eigenvalue weighted by Crippen LogP contribution is -2.48. The van der Waals surface area contributed by atoms with Crippen molar-refractivity contribution in [3.63, 3.8) is 0 Å². The number of aliphatic hydroxyl groups excluding tert-OH is 1. The summed E-state index contributed by atoms with van der Waals surface area (Å²) in [5.41, 5.74) is 0. The van der Waals surface area contributed by atoms with Crippen LogP contribution < -0.4 is 9.47 Å². The molecule has 0 unspecified atom stereocenters. The number of fused-ring (bicyclic) bond motifs is 1. The van der Waals surface area contributed by atoms with Crippen LogP contribution in [0.1, 0.15) is 33.1 Å². The summed E-state index contributed by atoms with van der Waals surface area (Å²) in [7, 11) is 0. The molecule has 1 fully saturated rings. The van der Waals surface area contributed by atoms with Crippen LogP contribution in [0.3, 0.4) is 0 Å². The number of piperidine rings is 1. The van der Waals surface area contributed by atoms with Crippen molar-refractivity contribution in [2.24, 2.45) is 0 Å². The molecule has 0 bridgehead atoms. The fourth-order valence-corrected chi connectivity index (χ4v) is 3.61. The molecule has 4 atom stereocenters. The molecular weight excluding hydrogens is 306 g/mol. The Balaban J connectivity index is 1.39. The highest BCUT2D eigenvalue weighted by molar-refractivity contribution is 5.40. The zero-order valence-corrected chi connectivity index (χ0v) is 14.7. The maximum absolute atomic E-state index is 10.3. The molecule has 2 aliphatic rings. The fraction of sp³-hybridized carbons (Fsp3) is 0.684. The van der Waals surface area contributed by atoms with Crippen molar-refractivity contribution in [1.29, 1.82) is 0 Å². The van der Waals surface area contributed by atoms with E-state index in [1.165, 1.54) is 19.3 Å². The molecule has 1 saturated heterocycles. The van der Waals surface area contributed by atoms with E-state index in [1.807, 2.05) is 24.3 Å². The van der Waals surface area contributed by atoms with Crippen molar-refractivity contribution in [1.82, 2.24) is 4.90 Å². The molecular formula is C19H29NO4. The summed E-state index contributed by atoms with van der Waals surface area (Å²) in [5, 5.41) is 10.3. The molecule has 0 aliphatic carbocycles. The van der Waals surface area contributed by atoms with Crippen molar-refractivity contribution in [2.45, 2.75) is 57.4 Å². The molecule has 1 N–H and O–H groups in total. The molecule has 0 saturated carbocycles. The number of hydrogen-bond donors (Lipinski definition) is 1. The van der Waals surface area contributed by atoms with Gasteiger partial charge in [0.15, 0.2) is 17.6 Å². The highest BCUT2D eigenvalue weighted by Gasteiger charge is 2.27. The summed E-state index contributed by atoms with van der Waals surface area (Å²) >= 11 is 0. The Bertz CT molecular complexity index is 514. The average Bonchev–Trinajstić information content (AvgIpc) is 2.58. The predicted octanol–water partition coefficient (Wildman–Crippen LogP) is 2.47. The lowest BCUT2D eigenvalue weighted by Gasteiger charge is -2.40. The minimum Gasteiger partial charge on any atom is -0.486 e. The number of para-hydroxylation sites is 2. The molecule has 0 spiro atoms. The van der Waals surface area contributed by atoms with Crippen LogP contribution in [0.25, 0.3) is 0 Å². The van der Waals surface area contributed by atoms with Gasteiger partial charge in [-0.25, -0.2) is 0 Å². The SMILES string of the molecule is C[C@@H]1CCC[C@H](C)N1C[C@@H](O)COC[C@@H]1COc2ccccc2O1. The second kappa shape index (κ2) is 8.19. The number of likely N-dealkylation sites (tertiary alicyclic amines) is 1. The topological polar surface area (TPSA) is 51.2 Å². The molecule has 2 heterocycles. The van der Waals surface area contributed by atoms with Crippen LogP contribution in [-0.4, -0.2) is 60.7 Å². The minimum atomic E-state index is -0.468. The van der Waals surface area contributed by atoms with Gasteiger partial charge >= 0.3 is 0 Å². The Morgan fingerprint density at radius 3 is 2.67 bits per heavy atom. The second-order valence-electron chi connectivity index (χ2n) is 7.01. The number of nitrogens with zero attached hydrogens (tertiary/aromatic N) is 1. The summed E-state index contributed by atoms with van der Waals surface area (Å²) in [4.78, 5) is 2.40. The molecule has 0 amide bonds. The van der Waals surface area contributed by atoms with E-state index in [0.29, 0.717) is 38.4 Å². The van der Waals surface area contributed by atoms with Gasteiger partial charge in [0.25, 0.3) is 0 Å². The first-order valence-electron chi connectivity index (χ1n) is 9.03. The molecule has 24 heavy (non-hydrogen) atoms. The molecule has 0 aromatic heterocycles. The molecule has 5 heteroatoms. The Kier molecular flexibility index (Phi) is 5.98. The van der Waals surface area contributed by atoms with Crippen LogP contribution in [0.2, 0.25) is 0 Å². The number of hydrogen-bond acceptors (Lipinski definition) is 5. The monoisotopic (exact) mass is 335 g/mol. The Labute approximate surface area is 144 Å². The van der Waals surface area contributed by atoms with Crippen LogP contribution >= 0.6 is 0 Å². The molecule has 5 nitrogen and oxygen atoms in total. The molecule has 0 radical (unpaired) electrons. The van der Waals surface area contributed by atoms with E-state index in [1.54, 1.807) is 0 Å². The second-order valence-corrected chi connectivity index (χ2v) is 7.01. The van der Waals surface area contributed by atoms with E-state index >= 15 is 0 Å². The van der Waals surface area contributed by atoms with E-state index in [9.17, 15) is 5.11 Å². The first kappa shape index (κ1) is 17.5. The Morgan fingerprint density at radius 2 is 1.92 bits per heavy atom. The van der Waals surface area contributed by atoms with Gasteiger partial charge in [-0.05, 0) is 38.8 Å². The first-order chi connectivity index (χ1) is 11.6. The Morgan fingerprint density at radius 1 is 1.21 bits per heavy atom. The molecule has 3 rings (SSSR count). The van der Waals surface area contributed by atoms with Crippen LogP contribution in [-0.2, 0) is 4.74 Å². The van der Waals surface area contributed by atoms with Gasteiger partial charge in [0, 0.05) is 18.6 Å². The standard InChI is InChI=1S/C19H29NO4/c1-14-6-5-7-15(2)20(14)10-16(21)11-22-12-17-13-23-18-8-3-4-9-19(18)24-17/h3-4,8-9,14-17,21H,5-7,10-13H2,1-2H3/t14-,15+,16-,17-/m1/s1. The summed E-state index contributed by atoms with van der Waals surface area (Å²) in [6, 6.07) is 8.73. The third kappa shape index (κ3) is 4.41. The van der Waals surface area contributed by atoms with Gasteiger partial charge in [0.05, 0.1) is 19.3 Å². The van der Waals surface area contributed by atoms with Gasteiger partial charge < -0.3 is 19.3 Å². The fourth-order valence-electron chi connectivity index (χ4n) is 3.61. The maximum atomic E-state index is 10.3. The third-order valence-corrected chi connectivity index (χ3v) is 4.98. The number of rotatable bonds is 6. The zero-order chi connectivity index (χ0) is 16.9. The van der Waals surface area contributed by atoms with Gasteiger partial charge in [-0.2, -0.15) is 0 Å². The maximum Gasteiger partial charge on any atom is 0.161 e. The van der Waals surface area contributed by atoms with Crippen molar-refractivity contribution in [3.05, 3.63) is 24.3 Å². The van der Waals surface area contributed by atoms with E-state index < -0.39 is 6.10 Å². The van der Waals surface area contributed by atoms with E-state index in [0.717, 1.165) is 11.5 Å². The highest BCUT2D eigenvalue weighted by atomic mass is 16.6. The predicted molar refractivity (Wildman–Crippen MR) is 92.7 cm³/mol. The smallest absolute Gasteiger partial charge is 0.161 e. The van der Waals surface area contributed by atoms with Crippen LogP contribution in [0.4, 0.5) is 0 Å². The lowest BCUT2D eigenvalue weighted by molar-refractivity contribution is -0.0391. The minimum absolute atomic E-state index is 0.125. The Hall–Kier alpha value is -1.30. The third-order valence-electron chi connectivity index (χ3n) is 4.98. The van der Waals surface area contributed by atoms with Crippen molar-refractivity contribution in [2.75, 3.05) is 26.4 Å². The van der Waals surface area contributed by atoms with Gasteiger partial charge in [0.2, 0.25) is 0 Å². The zero-order valence-electron chi connectivity index (χ0n) is 14.7. The number of ether oxygens (including phenoxy) is 3. The van der Waals surface area contributed by atoms with Crippen LogP contribution in [0, 0.1) is 0 Å². The van der Waals surface area contributed by atoms with Gasteiger partial charge in [0.1, 0.15) is 6.61 Å². The molecule has 1 aromatic carbocycles. The van der Waals surface area contributed by atoms with Gasteiger partial charge in [-0.3, -0.25) is 4.90 Å². The number of aliphatic hydroxyl groups is 1. The molecule has 134 valence electrons. The largest absolute Gasteiger partial charge is 0.486 e. The van der Waals surface area contributed by atoms with Crippen LogP contribution in [0.5, 0.6) is 11.5 Å². The summed E-state index contributed by atoms with van der Waals surface area (Å²) in [5.74, 6) is 1.54. The van der Waals surface area contributed by atoms with E-state index in [-0.39, 0.29) is 6.10 Å². The van der Waals surface area contributed by atoms with Crippen molar-refractivity contribution >= 4 is 0 Å². The van der Waals surface area contributed by atoms with E-state index in [4.69, 9.17) is 14.2 Å². The molecule has 1 aromatic rings. The highest BCUT2D eigenvalue weighted by Crippen LogP contribution is 2.30. The van der Waals surface area contributed by atoms with Gasteiger partial charge in [-0.15, -0.1) is 0 Å². The van der Waals surface area contributed by atoms with Crippen molar-refractivity contribution in [3.8, 4) is 11.5 Å². The van der Waals surface area contributed by atoms with Crippen LogP contribution in [0.15, 0.2) is 24.3 Å². The van der Waals surface area contributed by atoms with E-state index in [2.05, 4.69) is 18.7 Å². The number of β-amino-alcohol motifs (C(OH)–C–C–N with tert-alkyl or cyclic N) is 1. The average molecular weight is 335 g/mol. The molecule has 2 aliphatic heterocycles. The van der Waals surface area contributed by atoms with Crippen molar-refractivity contribution < 1.29 is 19.3 Å². The first-order valence-corrected chi connectivity index (χ1v) is 9.03. The number of benzene rings is 1. The summed E-state index contributed by atoms with van der Waals surface area (Å²) in [6.07, 6.45) is 3.12.